The highest BCUT2D eigenvalue weighted by atomic mass is 32.2. The largest absolute Gasteiger partial charge is 0.385 e. The Morgan fingerprint density at radius 2 is 2.00 bits per heavy atom. The van der Waals surface area contributed by atoms with Gasteiger partial charge in [-0.2, -0.15) is 0 Å². The van der Waals surface area contributed by atoms with Crippen molar-refractivity contribution >= 4 is 9.84 Å². The summed E-state index contributed by atoms with van der Waals surface area (Å²) in [5.74, 6) is 1.55. The van der Waals surface area contributed by atoms with Crippen LogP contribution in [-0.2, 0) is 14.6 Å². The van der Waals surface area contributed by atoms with Crippen LogP contribution in [0.4, 0.5) is 0 Å². The van der Waals surface area contributed by atoms with Crippen LogP contribution in [0.5, 0.6) is 0 Å². The monoisotopic (exact) mass is 305 g/mol. The van der Waals surface area contributed by atoms with Crippen molar-refractivity contribution in [2.24, 2.45) is 11.8 Å². The first kappa shape index (κ1) is 17.9. The molecule has 1 N–H and O–H groups in total. The highest BCUT2D eigenvalue weighted by molar-refractivity contribution is 7.91. The average molecular weight is 305 g/mol. The standard InChI is InChI=1S/C15H31NO3S/c1-15(2,3)16-11-13(7-5-6-9-19-4)14-8-10-20(17,18)12-14/h13-14,16H,5-12H2,1-4H3. The van der Waals surface area contributed by atoms with Gasteiger partial charge in [-0.25, -0.2) is 8.42 Å². The Labute approximate surface area is 124 Å². The van der Waals surface area contributed by atoms with E-state index in [0.29, 0.717) is 23.3 Å². The number of hydrogen-bond donors (Lipinski definition) is 1. The summed E-state index contributed by atoms with van der Waals surface area (Å²) in [6, 6.07) is 0. The van der Waals surface area contributed by atoms with Gasteiger partial charge in [-0.3, -0.25) is 0 Å². The van der Waals surface area contributed by atoms with Crippen LogP contribution in [0.25, 0.3) is 0 Å². The second-order valence-electron chi connectivity index (χ2n) is 7.04. The summed E-state index contributed by atoms with van der Waals surface area (Å²) >= 11 is 0. The molecule has 0 amide bonds. The van der Waals surface area contributed by atoms with Gasteiger partial charge in [0.2, 0.25) is 0 Å². The van der Waals surface area contributed by atoms with Gasteiger partial charge in [-0.05, 0) is 58.4 Å². The lowest BCUT2D eigenvalue weighted by Gasteiger charge is -2.28. The molecule has 4 nitrogen and oxygen atoms in total. The lowest BCUT2D eigenvalue weighted by Crippen LogP contribution is -2.41. The van der Waals surface area contributed by atoms with Crippen molar-refractivity contribution in [3.05, 3.63) is 0 Å². The summed E-state index contributed by atoms with van der Waals surface area (Å²) < 4.78 is 28.4. The average Bonchev–Trinajstić information content (AvgIpc) is 2.67. The second-order valence-corrected chi connectivity index (χ2v) is 9.27. The molecule has 1 fully saturated rings. The number of ether oxygens (including phenoxy) is 1. The van der Waals surface area contributed by atoms with Crippen molar-refractivity contribution in [3.8, 4) is 0 Å². The summed E-state index contributed by atoms with van der Waals surface area (Å²) in [7, 11) is -1.06. The number of nitrogens with one attached hydrogen (secondary N) is 1. The number of rotatable bonds is 8. The van der Waals surface area contributed by atoms with E-state index < -0.39 is 9.84 Å². The van der Waals surface area contributed by atoms with E-state index in [-0.39, 0.29) is 5.54 Å². The predicted molar refractivity (Wildman–Crippen MR) is 83.7 cm³/mol. The van der Waals surface area contributed by atoms with Crippen molar-refractivity contribution in [1.29, 1.82) is 0 Å². The molecule has 1 saturated heterocycles. The van der Waals surface area contributed by atoms with Gasteiger partial charge in [0.1, 0.15) is 0 Å². The minimum atomic E-state index is -2.78. The molecule has 5 heteroatoms. The van der Waals surface area contributed by atoms with Gasteiger partial charge in [0, 0.05) is 19.3 Å². The third-order valence-corrected chi connectivity index (χ3v) is 5.80. The first-order chi connectivity index (χ1) is 9.23. The van der Waals surface area contributed by atoms with E-state index in [1.807, 2.05) is 0 Å². The van der Waals surface area contributed by atoms with Crippen LogP contribution in [0.3, 0.4) is 0 Å². The summed E-state index contributed by atoms with van der Waals surface area (Å²) in [4.78, 5) is 0. The molecule has 0 spiro atoms. The van der Waals surface area contributed by atoms with Gasteiger partial charge in [0.15, 0.2) is 9.84 Å². The third kappa shape index (κ3) is 7.04. The van der Waals surface area contributed by atoms with Crippen LogP contribution in [0.2, 0.25) is 0 Å². The minimum Gasteiger partial charge on any atom is -0.385 e. The van der Waals surface area contributed by atoms with E-state index in [1.165, 1.54) is 0 Å². The van der Waals surface area contributed by atoms with Gasteiger partial charge in [-0.15, -0.1) is 0 Å². The van der Waals surface area contributed by atoms with Crippen LogP contribution < -0.4 is 5.32 Å². The lowest BCUT2D eigenvalue weighted by atomic mass is 9.86. The van der Waals surface area contributed by atoms with Crippen LogP contribution >= 0.6 is 0 Å². The van der Waals surface area contributed by atoms with Gasteiger partial charge >= 0.3 is 0 Å². The molecule has 0 aromatic heterocycles. The fourth-order valence-corrected chi connectivity index (χ4v) is 4.71. The Balaban J connectivity index is 2.50. The van der Waals surface area contributed by atoms with Crippen molar-refractivity contribution in [2.75, 3.05) is 31.8 Å². The van der Waals surface area contributed by atoms with Crippen molar-refractivity contribution in [2.45, 2.75) is 52.0 Å². The van der Waals surface area contributed by atoms with Crippen LogP contribution in [0, 0.1) is 11.8 Å². The van der Waals surface area contributed by atoms with Gasteiger partial charge in [0.25, 0.3) is 0 Å². The van der Waals surface area contributed by atoms with Crippen molar-refractivity contribution < 1.29 is 13.2 Å². The maximum Gasteiger partial charge on any atom is 0.150 e. The molecule has 20 heavy (non-hydrogen) atoms. The SMILES string of the molecule is COCCCCC(CNC(C)(C)C)C1CCS(=O)(=O)C1. The Kier molecular flexibility index (Phi) is 6.95. The molecule has 1 heterocycles. The molecule has 1 aliphatic rings. The zero-order valence-corrected chi connectivity index (χ0v) is 14.3. The van der Waals surface area contributed by atoms with E-state index in [9.17, 15) is 8.42 Å². The van der Waals surface area contributed by atoms with E-state index in [0.717, 1.165) is 38.8 Å². The van der Waals surface area contributed by atoms with Crippen LogP contribution in [0.1, 0.15) is 46.5 Å². The normalized spacial score (nSPS) is 23.9. The number of unbranched alkanes of at least 4 members (excludes halogenated alkanes) is 1. The summed E-state index contributed by atoms with van der Waals surface area (Å²) in [6.07, 6.45) is 4.10. The quantitative estimate of drug-likeness (QED) is 0.699. The summed E-state index contributed by atoms with van der Waals surface area (Å²) in [5, 5.41) is 3.54. The molecule has 0 radical (unpaired) electrons. The molecule has 0 aromatic carbocycles. The minimum absolute atomic E-state index is 0.0856. The highest BCUT2D eigenvalue weighted by Gasteiger charge is 2.33. The molecule has 1 rings (SSSR count). The van der Waals surface area contributed by atoms with E-state index in [2.05, 4.69) is 26.1 Å². The highest BCUT2D eigenvalue weighted by Crippen LogP contribution is 2.29. The topological polar surface area (TPSA) is 55.4 Å². The lowest BCUT2D eigenvalue weighted by molar-refractivity contribution is 0.186. The molecule has 2 unspecified atom stereocenters. The number of hydrogen-bond acceptors (Lipinski definition) is 4. The first-order valence-electron chi connectivity index (χ1n) is 7.68. The molecule has 120 valence electrons. The molecule has 1 aliphatic heterocycles. The smallest absolute Gasteiger partial charge is 0.150 e. The van der Waals surface area contributed by atoms with Crippen molar-refractivity contribution in [3.63, 3.8) is 0 Å². The van der Waals surface area contributed by atoms with E-state index >= 15 is 0 Å². The first-order valence-corrected chi connectivity index (χ1v) is 9.50. The zero-order valence-electron chi connectivity index (χ0n) is 13.4. The Morgan fingerprint density at radius 1 is 1.30 bits per heavy atom. The van der Waals surface area contributed by atoms with Gasteiger partial charge in [-0.1, -0.05) is 6.42 Å². The van der Waals surface area contributed by atoms with Gasteiger partial charge < -0.3 is 10.1 Å². The molecule has 0 aliphatic carbocycles. The molecule has 2 atom stereocenters. The van der Waals surface area contributed by atoms with Crippen molar-refractivity contribution in [1.82, 2.24) is 5.32 Å². The molecular weight excluding hydrogens is 274 g/mol. The van der Waals surface area contributed by atoms with E-state index in [1.54, 1.807) is 7.11 Å². The molecule has 0 bridgehead atoms. The summed E-state index contributed by atoms with van der Waals surface area (Å²) in [6.45, 7) is 8.17. The van der Waals surface area contributed by atoms with Crippen LogP contribution in [0.15, 0.2) is 0 Å². The Bertz CT molecular complexity index is 373. The molecule has 0 aromatic rings. The fraction of sp³-hybridized carbons (Fsp3) is 1.00. The van der Waals surface area contributed by atoms with Gasteiger partial charge in [0.05, 0.1) is 11.5 Å². The fourth-order valence-electron chi connectivity index (χ4n) is 2.79. The van der Waals surface area contributed by atoms with Crippen LogP contribution in [-0.4, -0.2) is 45.7 Å². The van der Waals surface area contributed by atoms with E-state index in [4.69, 9.17) is 4.74 Å². The number of sulfone groups is 1. The third-order valence-electron chi connectivity index (χ3n) is 4.00. The Hall–Kier alpha value is -0.130. The maximum atomic E-state index is 11.7. The summed E-state index contributed by atoms with van der Waals surface area (Å²) in [5.41, 5.74) is 0.0856. The maximum absolute atomic E-state index is 11.7. The Morgan fingerprint density at radius 3 is 2.50 bits per heavy atom. The number of methoxy groups -OCH3 is 1. The zero-order chi connectivity index (χ0) is 15.2. The second kappa shape index (κ2) is 7.76. The predicted octanol–water partition coefficient (Wildman–Crippen LogP) is 2.24. The molecule has 0 saturated carbocycles. The molecular formula is C15H31NO3S.